The maximum Gasteiger partial charge on any atom is 0.240 e. The second-order valence-electron chi connectivity index (χ2n) is 7.13. The minimum absolute atomic E-state index is 0.0153. The second-order valence-corrected chi connectivity index (χ2v) is 8.43. The van der Waals surface area contributed by atoms with Gasteiger partial charge in [-0.3, -0.25) is 14.6 Å². The average Bonchev–Trinajstić information content (AvgIpc) is 3.19. The zero-order valence-electron chi connectivity index (χ0n) is 16.1. The molecule has 2 heterocycles. The normalized spacial score (nSPS) is 15.3. The van der Waals surface area contributed by atoms with Crippen molar-refractivity contribution in [1.29, 1.82) is 0 Å². The van der Waals surface area contributed by atoms with Crippen molar-refractivity contribution in [1.82, 2.24) is 14.8 Å². The van der Waals surface area contributed by atoms with Crippen LogP contribution >= 0.6 is 22.9 Å². The molecule has 1 saturated heterocycles. The molecular formula is C22H23ClN4OS. The number of nitrogens with one attached hydrogen (secondary N) is 1. The third-order valence-electron chi connectivity index (χ3n) is 4.97. The topological polar surface area (TPSA) is 48.5 Å². The number of rotatable bonds is 6. The Morgan fingerprint density at radius 1 is 1.00 bits per heavy atom. The highest BCUT2D eigenvalue weighted by molar-refractivity contribution is 7.14. The fourth-order valence-electron chi connectivity index (χ4n) is 3.39. The van der Waals surface area contributed by atoms with Gasteiger partial charge in [-0.2, -0.15) is 0 Å². The van der Waals surface area contributed by atoms with Crippen LogP contribution in [0.1, 0.15) is 5.56 Å². The first-order valence-electron chi connectivity index (χ1n) is 9.66. The van der Waals surface area contributed by atoms with Gasteiger partial charge in [-0.25, -0.2) is 4.98 Å². The molecule has 7 heteroatoms. The standard InChI is InChI=1S/C22H23ClN4OS/c23-19-8-6-18(7-9-19)20-16-29-22(24-20)25-21(28)15-27-12-10-26(11-13-27)14-17-4-2-1-3-5-17/h1-9,16H,10-15H2,(H,24,25,28). The van der Waals surface area contributed by atoms with Crippen LogP contribution in [0.25, 0.3) is 11.3 Å². The lowest BCUT2D eigenvalue weighted by atomic mass is 10.2. The number of hydrogen-bond donors (Lipinski definition) is 1. The van der Waals surface area contributed by atoms with E-state index in [-0.39, 0.29) is 5.91 Å². The number of amides is 1. The van der Waals surface area contributed by atoms with E-state index in [4.69, 9.17) is 11.6 Å². The van der Waals surface area contributed by atoms with Gasteiger partial charge in [0.05, 0.1) is 12.2 Å². The number of halogens is 1. The van der Waals surface area contributed by atoms with Gasteiger partial charge < -0.3 is 5.32 Å². The van der Waals surface area contributed by atoms with E-state index < -0.39 is 0 Å². The van der Waals surface area contributed by atoms with Crippen LogP contribution in [0.3, 0.4) is 0 Å². The molecule has 1 aliphatic heterocycles. The highest BCUT2D eigenvalue weighted by Crippen LogP contribution is 2.26. The number of anilines is 1. The second kappa shape index (κ2) is 9.50. The number of aromatic nitrogens is 1. The van der Waals surface area contributed by atoms with E-state index in [9.17, 15) is 4.79 Å². The summed E-state index contributed by atoms with van der Waals surface area (Å²) in [5.41, 5.74) is 3.16. The van der Waals surface area contributed by atoms with Crippen LogP contribution < -0.4 is 5.32 Å². The van der Waals surface area contributed by atoms with E-state index in [1.54, 1.807) is 0 Å². The lowest BCUT2D eigenvalue weighted by Gasteiger charge is -2.34. The molecule has 2 aromatic carbocycles. The number of carbonyl (C=O) groups is 1. The van der Waals surface area contributed by atoms with Crippen molar-refractivity contribution in [2.75, 3.05) is 38.0 Å². The lowest BCUT2D eigenvalue weighted by Crippen LogP contribution is -2.48. The van der Waals surface area contributed by atoms with Gasteiger partial charge in [0.2, 0.25) is 5.91 Å². The first-order chi connectivity index (χ1) is 14.2. The third kappa shape index (κ3) is 5.64. The molecule has 1 aliphatic rings. The van der Waals surface area contributed by atoms with Gasteiger partial charge in [0.1, 0.15) is 0 Å². The summed E-state index contributed by atoms with van der Waals surface area (Å²) in [5.74, 6) is -0.0153. The first-order valence-corrected chi connectivity index (χ1v) is 10.9. The van der Waals surface area contributed by atoms with Crippen molar-refractivity contribution < 1.29 is 4.79 Å². The van der Waals surface area contributed by atoms with Crippen molar-refractivity contribution in [3.05, 3.63) is 70.6 Å². The van der Waals surface area contributed by atoms with Gasteiger partial charge >= 0.3 is 0 Å². The predicted octanol–water partition coefficient (Wildman–Crippen LogP) is 4.22. The fourth-order valence-corrected chi connectivity index (χ4v) is 4.26. The van der Waals surface area contributed by atoms with Gasteiger partial charge in [0, 0.05) is 48.7 Å². The number of thiazole rings is 1. The maximum absolute atomic E-state index is 12.4. The zero-order valence-corrected chi connectivity index (χ0v) is 17.6. The van der Waals surface area contributed by atoms with Crippen molar-refractivity contribution in [2.24, 2.45) is 0 Å². The summed E-state index contributed by atoms with van der Waals surface area (Å²) in [4.78, 5) is 21.6. The Morgan fingerprint density at radius 2 is 1.69 bits per heavy atom. The molecule has 29 heavy (non-hydrogen) atoms. The highest BCUT2D eigenvalue weighted by atomic mass is 35.5. The van der Waals surface area contributed by atoms with Gasteiger partial charge in [-0.05, 0) is 17.7 Å². The van der Waals surface area contributed by atoms with Gasteiger partial charge in [0.15, 0.2) is 5.13 Å². The van der Waals surface area contributed by atoms with Crippen molar-refractivity contribution in [3.63, 3.8) is 0 Å². The molecule has 0 bridgehead atoms. The Morgan fingerprint density at radius 3 is 2.41 bits per heavy atom. The molecule has 1 aromatic heterocycles. The number of piperazine rings is 1. The molecule has 1 fully saturated rings. The van der Waals surface area contributed by atoms with Crippen LogP contribution in [0.4, 0.5) is 5.13 Å². The Hall–Kier alpha value is -2.25. The number of nitrogens with zero attached hydrogens (tertiary/aromatic N) is 3. The molecule has 3 aromatic rings. The Labute approximate surface area is 179 Å². The monoisotopic (exact) mass is 426 g/mol. The molecule has 0 atom stereocenters. The summed E-state index contributed by atoms with van der Waals surface area (Å²) in [6.07, 6.45) is 0. The molecular weight excluding hydrogens is 404 g/mol. The summed E-state index contributed by atoms with van der Waals surface area (Å²) in [6, 6.07) is 18.0. The molecule has 0 unspecified atom stereocenters. The molecule has 150 valence electrons. The largest absolute Gasteiger partial charge is 0.301 e. The molecule has 4 rings (SSSR count). The van der Waals surface area contributed by atoms with Gasteiger partial charge in [-0.1, -0.05) is 54.1 Å². The quantitative estimate of drug-likeness (QED) is 0.641. The van der Waals surface area contributed by atoms with Crippen LogP contribution in [-0.2, 0) is 11.3 Å². The van der Waals surface area contributed by atoms with E-state index in [1.165, 1.54) is 16.9 Å². The zero-order chi connectivity index (χ0) is 20.1. The molecule has 0 radical (unpaired) electrons. The minimum atomic E-state index is -0.0153. The van der Waals surface area contributed by atoms with Gasteiger partial charge in [0.25, 0.3) is 0 Å². The van der Waals surface area contributed by atoms with Crippen LogP contribution in [0.5, 0.6) is 0 Å². The van der Waals surface area contributed by atoms with Crippen LogP contribution in [-0.4, -0.2) is 53.4 Å². The van der Waals surface area contributed by atoms with E-state index in [0.717, 1.165) is 44.0 Å². The summed E-state index contributed by atoms with van der Waals surface area (Å²) < 4.78 is 0. The molecule has 0 saturated carbocycles. The van der Waals surface area contributed by atoms with Crippen LogP contribution in [0.2, 0.25) is 5.02 Å². The van der Waals surface area contributed by atoms with E-state index in [0.29, 0.717) is 16.7 Å². The molecule has 1 N–H and O–H groups in total. The maximum atomic E-state index is 12.4. The summed E-state index contributed by atoms with van der Waals surface area (Å²) in [7, 11) is 0. The summed E-state index contributed by atoms with van der Waals surface area (Å²) in [5, 5.41) is 6.20. The lowest BCUT2D eigenvalue weighted by molar-refractivity contribution is -0.117. The Balaban J connectivity index is 1.24. The summed E-state index contributed by atoms with van der Waals surface area (Å²) in [6.45, 7) is 5.10. The third-order valence-corrected chi connectivity index (χ3v) is 5.98. The van der Waals surface area contributed by atoms with Crippen molar-refractivity contribution in [3.8, 4) is 11.3 Å². The van der Waals surface area contributed by atoms with Gasteiger partial charge in [-0.15, -0.1) is 11.3 Å². The predicted molar refractivity (Wildman–Crippen MR) is 119 cm³/mol. The fraction of sp³-hybridized carbons (Fsp3) is 0.273. The minimum Gasteiger partial charge on any atom is -0.301 e. The molecule has 0 aliphatic carbocycles. The number of hydrogen-bond acceptors (Lipinski definition) is 5. The number of carbonyl (C=O) groups excluding carboxylic acids is 1. The Bertz CT molecular complexity index is 937. The van der Waals surface area contributed by atoms with Crippen LogP contribution in [0.15, 0.2) is 60.0 Å². The molecule has 5 nitrogen and oxygen atoms in total. The van der Waals surface area contributed by atoms with E-state index in [1.807, 2.05) is 35.7 Å². The highest BCUT2D eigenvalue weighted by Gasteiger charge is 2.19. The summed E-state index contributed by atoms with van der Waals surface area (Å²) >= 11 is 7.37. The SMILES string of the molecule is O=C(CN1CCN(Cc2ccccc2)CC1)Nc1nc(-c2ccc(Cl)cc2)cs1. The van der Waals surface area contributed by atoms with Crippen molar-refractivity contribution >= 4 is 34.0 Å². The van der Waals surface area contributed by atoms with E-state index in [2.05, 4.69) is 44.4 Å². The average molecular weight is 427 g/mol. The molecule has 1 amide bonds. The molecule has 0 spiro atoms. The first kappa shape index (κ1) is 20.0. The smallest absolute Gasteiger partial charge is 0.240 e. The van der Waals surface area contributed by atoms with Crippen LogP contribution in [0, 0.1) is 0 Å². The Kier molecular flexibility index (Phi) is 6.56. The number of benzene rings is 2. The van der Waals surface area contributed by atoms with Crippen molar-refractivity contribution in [2.45, 2.75) is 6.54 Å². The van der Waals surface area contributed by atoms with E-state index >= 15 is 0 Å².